The van der Waals surface area contributed by atoms with Gasteiger partial charge in [0.05, 0.1) is 0 Å². The molecule has 2 aromatic rings. The molecule has 0 atom stereocenters. The second-order valence-corrected chi connectivity index (χ2v) is 4.46. The van der Waals surface area contributed by atoms with Crippen LogP contribution in [-0.2, 0) is 13.2 Å². The van der Waals surface area contributed by atoms with Gasteiger partial charge in [0.15, 0.2) is 0 Å². The van der Waals surface area contributed by atoms with Crippen LogP contribution in [0.3, 0.4) is 0 Å². The first-order valence-electron chi connectivity index (χ1n) is 5.89. The molecule has 0 fully saturated rings. The molecular formula is C15H17Cl2NO. The molecule has 0 aliphatic carbocycles. The van der Waals surface area contributed by atoms with Gasteiger partial charge in [0, 0.05) is 17.1 Å². The molecule has 2 rings (SSSR count). The van der Waals surface area contributed by atoms with Crippen LogP contribution in [0.1, 0.15) is 11.1 Å². The molecule has 0 aliphatic rings. The fourth-order valence-electron chi connectivity index (χ4n) is 1.68. The first-order chi connectivity index (χ1) is 8.79. The van der Waals surface area contributed by atoms with Gasteiger partial charge in [-0.15, -0.1) is 12.4 Å². The van der Waals surface area contributed by atoms with Crippen molar-refractivity contribution >= 4 is 24.0 Å². The highest BCUT2D eigenvalue weighted by atomic mass is 35.5. The van der Waals surface area contributed by atoms with Gasteiger partial charge in [-0.25, -0.2) is 0 Å². The summed E-state index contributed by atoms with van der Waals surface area (Å²) in [5.74, 6) is 0.856. The first kappa shape index (κ1) is 15.8. The third-order valence-electron chi connectivity index (χ3n) is 2.66. The van der Waals surface area contributed by atoms with E-state index in [1.165, 1.54) is 5.56 Å². The predicted molar refractivity (Wildman–Crippen MR) is 82.2 cm³/mol. The average Bonchev–Trinajstić information content (AvgIpc) is 2.40. The Kier molecular flexibility index (Phi) is 6.71. The van der Waals surface area contributed by atoms with E-state index in [0.29, 0.717) is 6.61 Å². The highest BCUT2D eigenvalue weighted by Crippen LogP contribution is 2.18. The van der Waals surface area contributed by atoms with Crippen molar-refractivity contribution in [1.82, 2.24) is 5.32 Å². The van der Waals surface area contributed by atoms with Crippen molar-refractivity contribution in [2.75, 3.05) is 7.05 Å². The number of hydrogen-bond acceptors (Lipinski definition) is 2. The van der Waals surface area contributed by atoms with E-state index in [2.05, 4.69) is 17.4 Å². The van der Waals surface area contributed by atoms with E-state index in [1.54, 1.807) is 0 Å². The monoisotopic (exact) mass is 297 g/mol. The number of hydrogen-bond donors (Lipinski definition) is 1. The van der Waals surface area contributed by atoms with Crippen LogP contribution in [0.25, 0.3) is 0 Å². The third-order valence-corrected chi connectivity index (χ3v) is 3.03. The number of halogens is 2. The Labute approximate surface area is 125 Å². The molecular weight excluding hydrogens is 281 g/mol. The summed E-state index contributed by atoms with van der Waals surface area (Å²) in [5, 5.41) is 3.85. The van der Waals surface area contributed by atoms with Crippen molar-refractivity contribution in [2.45, 2.75) is 13.2 Å². The summed E-state index contributed by atoms with van der Waals surface area (Å²) in [6.07, 6.45) is 0. The number of rotatable bonds is 5. The lowest BCUT2D eigenvalue weighted by atomic mass is 10.2. The van der Waals surface area contributed by atoms with Crippen LogP contribution in [0.2, 0.25) is 5.02 Å². The molecule has 0 unspecified atom stereocenters. The highest BCUT2D eigenvalue weighted by Gasteiger charge is 2.00. The van der Waals surface area contributed by atoms with Crippen LogP contribution in [0.4, 0.5) is 0 Å². The van der Waals surface area contributed by atoms with Gasteiger partial charge in [-0.2, -0.15) is 0 Å². The molecule has 0 saturated heterocycles. The van der Waals surface area contributed by atoms with Crippen molar-refractivity contribution in [2.24, 2.45) is 0 Å². The van der Waals surface area contributed by atoms with Crippen LogP contribution in [0.5, 0.6) is 5.75 Å². The lowest BCUT2D eigenvalue weighted by Gasteiger charge is -2.08. The second kappa shape index (κ2) is 8.05. The molecule has 0 saturated carbocycles. The molecule has 2 nitrogen and oxygen atoms in total. The molecule has 0 aliphatic heterocycles. The maximum Gasteiger partial charge on any atom is 0.119 e. The summed E-state index contributed by atoms with van der Waals surface area (Å²) >= 11 is 6.07. The third kappa shape index (κ3) is 4.75. The zero-order chi connectivity index (χ0) is 12.8. The average molecular weight is 298 g/mol. The molecule has 0 amide bonds. The second-order valence-electron chi connectivity index (χ2n) is 4.05. The van der Waals surface area contributed by atoms with E-state index in [1.807, 2.05) is 43.4 Å². The van der Waals surface area contributed by atoms with Gasteiger partial charge < -0.3 is 10.1 Å². The Morgan fingerprint density at radius 3 is 2.37 bits per heavy atom. The zero-order valence-corrected chi connectivity index (χ0v) is 12.3. The summed E-state index contributed by atoms with van der Waals surface area (Å²) in [5.41, 5.74) is 2.24. The van der Waals surface area contributed by atoms with Crippen LogP contribution in [0, 0.1) is 0 Å². The lowest BCUT2D eigenvalue weighted by Crippen LogP contribution is -2.04. The standard InChI is InChI=1S/C15H16ClNO.ClH/c1-17-10-12-6-8-14(9-7-12)18-11-13-4-2-3-5-15(13)16;/h2-9,17H,10-11H2,1H3;1H. The molecule has 0 radical (unpaired) electrons. The van der Waals surface area contributed by atoms with Gasteiger partial charge in [-0.05, 0) is 30.8 Å². The Morgan fingerprint density at radius 2 is 1.74 bits per heavy atom. The summed E-state index contributed by atoms with van der Waals surface area (Å²) in [6.45, 7) is 1.36. The van der Waals surface area contributed by atoms with Crippen LogP contribution < -0.4 is 10.1 Å². The van der Waals surface area contributed by atoms with Crippen LogP contribution in [0.15, 0.2) is 48.5 Å². The summed E-state index contributed by atoms with van der Waals surface area (Å²) in [4.78, 5) is 0. The van der Waals surface area contributed by atoms with Gasteiger partial charge in [0.1, 0.15) is 12.4 Å². The minimum Gasteiger partial charge on any atom is -0.489 e. The smallest absolute Gasteiger partial charge is 0.119 e. The fourth-order valence-corrected chi connectivity index (χ4v) is 1.87. The van der Waals surface area contributed by atoms with Crippen LogP contribution >= 0.6 is 24.0 Å². The maximum atomic E-state index is 6.07. The first-order valence-corrected chi connectivity index (χ1v) is 6.27. The summed E-state index contributed by atoms with van der Waals surface area (Å²) in [7, 11) is 1.93. The highest BCUT2D eigenvalue weighted by molar-refractivity contribution is 6.31. The normalized spacial score (nSPS) is 9.79. The number of benzene rings is 2. The van der Waals surface area contributed by atoms with E-state index in [0.717, 1.165) is 22.9 Å². The lowest BCUT2D eigenvalue weighted by molar-refractivity contribution is 0.306. The van der Waals surface area contributed by atoms with Crippen molar-refractivity contribution < 1.29 is 4.74 Å². The van der Waals surface area contributed by atoms with Gasteiger partial charge in [-0.3, -0.25) is 0 Å². The Bertz CT molecular complexity index is 500. The molecule has 0 bridgehead atoms. The van der Waals surface area contributed by atoms with Crippen molar-refractivity contribution in [3.8, 4) is 5.75 Å². The van der Waals surface area contributed by atoms with E-state index < -0.39 is 0 Å². The molecule has 0 heterocycles. The Morgan fingerprint density at radius 1 is 1.05 bits per heavy atom. The van der Waals surface area contributed by atoms with Crippen molar-refractivity contribution in [1.29, 1.82) is 0 Å². The van der Waals surface area contributed by atoms with Crippen molar-refractivity contribution in [3.63, 3.8) is 0 Å². The number of nitrogens with one attached hydrogen (secondary N) is 1. The fraction of sp³-hybridized carbons (Fsp3) is 0.200. The Balaban J connectivity index is 0.00000180. The molecule has 19 heavy (non-hydrogen) atoms. The maximum absolute atomic E-state index is 6.07. The topological polar surface area (TPSA) is 21.3 Å². The summed E-state index contributed by atoms with van der Waals surface area (Å²) < 4.78 is 5.70. The zero-order valence-electron chi connectivity index (χ0n) is 10.7. The van der Waals surface area contributed by atoms with Crippen LogP contribution in [-0.4, -0.2) is 7.05 Å². The van der Waals surface area contributed by atoms with E-state index in [4.69, 9.17) is 16.3 Å². The molecule has 0 spiro atoms. The molecule has 0 aromatic heterocycles. The van der Waals surface area contributed by atoms with Crippen molar-refractivity contribution in [3.05, 3.63) is 64.7 Å². The minimum absolute atomic E-state index is 0. The van der Waals surface area contributed by atoms with Gasteiger partial charge in [0.2, 0.25) is 0 Å². The van der Waals surface area contributed by atoms with Gasteiger partial charge in [-0.1, -0.05) is 41.9 Å². The molecule has 4 heteroatoms. The SMILES string of the molecule is CNCc1ccc(OCc2ccccc2Cl)cc1.Cl. The molecule has 2 aromatic carbocycles. The van der Waals surface area contributed by atoms with E-state index in [9.17, 15) is 0 Å². The summed E-state index contributed by atoms with van der Waals surface area (Å²) in [6, 6.07) is 15.8. The minimum atomic E-state index is 0. The molecule has 102 valence electrons. The van der Waals surface area contributed by atoms with E-state index in [-0.39, 0.29) is 12.4 Å². The Hall–Kier alpha value is -1.22. The largest absolute Gasteiger partial charge is 0.489 e. The quantitative estimate of drug-likeness (QED) is 0.898. The molecule has 1 N–H and O–H groups in total. The van der Waals surface area contributed by atoms with E-state index >= 15 is 0 Å². The van der Waals surface area contributed by atoms with Gasteiger partial charge >= 0.3 is 0 Å². The van der Waals surface area contributed by atoms with Gasteiger partial charge in [0.25, 0.3) is 0 Å². The predicted octanol–water partition coefficient (Wildman–Crippen LogP) is 4.06. The number of ether oxygens (including phenoxy) is 1.